The van der Waals surface area contributed by atoms with Crippen molar-refractivity contribution >= 4 is 11.8 Å². The fourth-order valence-electron chi connectivity index (χ4n) is 1.85. The standard InChI is InChI=1S/C14H20N2O2/c1-4-16(5-2)14(18)13(15-11(3)17)12-9-7-6-8-10-12/h6-10,13H,4-5H2,1-3H3,(H,15,17)/t13-/m0/s1. The highest BCUT2D eigenvalue weighted by molar-refractivity contribution is 5.88. The molecule has 0 fully saturated rings. The third kappa shape index (κ3) is 3.58. The molecule has 0 aliphatic carbocycles. The van der Waals surface area contributed by atoms with E-state index >= 15 is 0 Å². The van der Waals surface area contributed by atoms with Crippen LogP contribution < -0.4 is 5.32 Å². The van der Waals surface area contributed by atoms with Crippen molar-refractivity contribution in [2.75, 3.05) is 13.1 Å². The molecule has 0 saturated heterocycles. The van der Waals surface area contributed by atoms with E-state index < -0.39 is 6.04 Å². The van der Waals surface area contributed by atoms with Gasteiger partial charge in [-0.1, -0.05) is 30.3 Å². The van der Waals surface area contributed by atoms with Gasteiger partial charge in [-0.25, -0.2) is 0 Å². The van der Waals surface area contributed by atoms with Gasteiger partial charge in [0.25, 0.3) is 0 Å². The van der Waals surface area contributed by atoms with E-state index in [0.717, 1.165) is 5.56 Å². The Hall–Kier alpha value is -1.84. The van der Waals surface area contributed by atoms with Crippen LogP contribution >= 0.6 is 0 Å². The van der Waals surface area contributed by atoms with Crippen LogP contribution in [0.3, 0.4) is 0 Å². The molecular weight excluding hydrogens is 228 g/mol. The number of carbonyl (C=O) groups is 2. The van der Waals surface area contributed by atoms with Crippen LogP contribution in [0.4, 0.5) is 0 Å². The van der Waals surface area contributed by atoms with E-state index in [1.54, 1.807) is 4.90 Å². The molecule has 1 atom stereocenters. The lowest BCUT2D eigenvalue weighted by Gasteiger charge is -2.25. The van der Waals surface area contributed by atoms with Crippen molar-refractivity contribution in [3.8, 4) is 0 Å². The van der Waals surface area contributed by atoms with Gasteiger partial charge in [-0.2, -0.15) is 0 Å². The van der Waals surface area contributed by atoms with Crippen LogP contribution in [0.15, 0.2) is 30.3 Å². The molecule has 0 bridgehead atoms. The predicted octanol–water partition coefficient (Wildman–Crippen LogP) is 1.73. The summed E-state index contributed by atoms with van der Waals surface area (Å²) in [7, 11) is 0. The first-order chi connectivity index (χ1) is 8.60. The van der Waals surface area contributed by atoms with Gasteiger partial charge in [-0.3, -0.25) is 9.59 Å². The fourth-order valence-corrected chi connectivity index (χ4v) is 1.85. The van der Waals surface area contributed by atoms with Gasteiger partial charge in [0.05, 0.1) is 0 Å². The largest absolute Gasteiger partial charge is 0.341 e. The van der Waals surface area contributed by atoms with Crippen molar-refractivity contribution < 1.29 is 9.59 Å². The van der Waals surface area contributed by atoms with Gasteiger partial charge in [-0.05, 0) is 19.4 Å². The zero-order valence-corrected chi connectivity index (χ0v) is 11.1. The molecule has 0 spiro atoms. The second-order valence-electron chi connectivity index (χ2n) is 4.05. The van der Waals surface area contributed by atoms with Crippen LogP contribution in [0.5, 0.6) is 0 Å². The first-order valence-electron chi connectivity index (χ1n) is 6.21. The first-order valence-corrected chi connectivity index (χ1v) is 6.21. The minimum absolute atomic E-state index is 0.0681. The zero-order chi connectivity index (χ0) is 13.5. The minimum Gasteiger partial charge on any atom is -0.341 e. The van der Waals surface area contributed by atoms with Crippen molar-refractivity contribution in [2.45, 2.75) is 26.8 Å². The average Bonchev–Trinajstić information content (AvgIpc) is 2.38. The summed E-state index contributed by atoms with van der Waals surface area (Å²) >= 11 is 0. The molecule has 0 unspecified atom stereocenters. The van der Waals surface area contributed by atoms with Crippen molar-refractivity contribution in [1.82, 2.24) is 10.2 Å². The summed E-state index contributed by atoms with van der Waals surface area (Å²) in [6.07, 6.45) is 0. The fraction of sp³-hybridized carbons (Fsp3) is 0.429. The van der Waals surface area contributed by atoms with Crippen molar-refractivity contribution in [3.63, 3.8) is 0 Å². The quantitative estimate of drug-likeness (QED) is 0.862. The Labute approximate surface area is 108 Å². The van der Waals surface area contributed by atoms with Gasteiger partial charge in [0.15, 0.2) is 0 Å². The molecule has 0 aromatic heterocycles. The van der Waals surface area contributed by atoms with Gasteiger partial charge in [0.2, 0.25) is 11.8 Å². The Balaban J connectivity index is 2.98. The molecule has 0 saturated carbocycles. The maximum atomic E-state index is 12.4. The summed E-state index contributed by atoms with van der Waals surface area (Å²) in [5.41, 5.74) is 0.810. The molecule has 4 nitrogen and oxygen atoms in total. The highest BCUT2D eigenvalue weighted by Gasteiger charge is 2.24. The monoisotopic (exact) mass is 248 g/mol. The maximum Gasteiger partial charge on any atom is 0.249 e. The van der Waals surface area contributed by atoms with E-state index in [-0.39, 0.29) is 11.8 Å². The normalized spacial score (nSPS) is 11.7. The molecule has 1 aromatic rings. The highest BCUT2D eigenvalue weighted by Crippen LogP contribution is 2.15. The van der Waals surface area contributed by atoms with E-state index in [1.165, 1.54) is 6.92 Å². The number of likely N-dealkylation sites (N-methyl/N-ethyl adjacent to an activating group) is 1. The minimum atomic E-state index is -0.594. The number of benzene rings is 1. The number of amides is 2. The second kappa shape index (κ2) is 6.79. The molecule has 0 aliphatic heterocycles. The first kappa shape index (κ1) is 14.2. The molecule has 1 rings (SSSR count). The summed E-state index contributed by atoms with van der Waals surface area (Å²) in [6.45, 7) is 6.55. The van der Waals surface area contributed by atoms with Crippen LogP contribution in [0, 0.1) is 0 Å². The number of hydrogen-bond donors (Lipinski definition) is 1. The number of nitrogens with zero attached hydrogens (tertiary/aromatic N) is 1. The summed E-state index contributed by atoms with van der Waals surface area (Å²) in [5, 5.41) is 2.71. The summed E-state index contributed by atoms with van der Waals surface area (Å²) in [6, 6.07) is 8.71. The topological polar surface area (TPSA) is 49.4 Å². The summed E-state index contributed by atoms with van der Waals surface area (Å²) in [5.74, 6) is -0.272. The van der Waals surface area contributed by atoms with Crippen molar-refractivity contribution in [2.24, 2.45) is 0 Å². The molecule has 1 N–H and O–H groups in total. The van der Waals surface area contributed by atoms with Gasteiger partial charge in [-0.15, -0.1) is 0 Å². The van der Waals surface area contributed by atoms with Crippen LogP contribution in [0.2, 0.25) is 0 Å². The van der Waals surface area contributed by atoms with Crippen molar-refractivity contribution in [1.29, 1.82) is 0 Å². The van der Waals surface area contributed by atoms with Gasteiger partial charge in [0.1, 0.15) is 6.04 Å². The van der Waals surface area contributed by atoms with Gasteiger partial charge in [0, 0.05) is 20.0 Å². The Morgan fingerprint density at radius 1 is 1.17 bits per heavy atom. The smallest absolute Gasteiger partial charge is 0.249 e. The second-order valence-corrected chi connectivity index (χ2v) is 4.05. The lowest BCUT2D eigenvalue weighted by Crippen LogP contribution is -2.42. The third-order valence-corrected chi connectivity index (χ3v) is 2.80. The molecule has 0 heterocycles. The molecule has 4 heteroatoms. The molecule has 98 valence electrons. The van der Waals surface area contributed by atoms with E-state index in [0.29, 0.717) is 13.1 Å². The molecular formula is C14H20N2O2. The van der Waals surface area contributed by atoms with E-state index in [4.69, 9.17) is 0 Å². The number of carbonyl (C=O) groups excluding carboxylic acids is 2. The van der Waals surface area contributed by atoms with Gasteiger partial charge < -0.3 is 10.2 Å². The van der Waals surface area contributed by atoms with E-state index in [9.17, 15) is 9.59 Å². The number of rotatable bonds is 5. The summed E-state index contributed by atoms with van der Waals surface area (Å²) in [4.78, 5) is 25.3. The SMILES string of the molecule is CCN(CC)C(=O)[C@@H](NC(C)=O)c1ccccc1. The maximum absolute atomic E-state index is 12.4. The third-order valence-electron chi connectivity index (χ3n) is 2.80. The van der Waals surface area contributed by atoms with Crippen LogP contribution in [0.1, 0.15) is 32.4 Å². The Morgan fingerprint density at radius 3 is 2.17 bits per heavy atom. The van der Waals surface area contributed by atoms with Gasteiger partial charge >= 0.3 is 0 Å². The zero-order valence-electron chi connectivity index (χ0n) is 11.1. The number of nitrogens with one attached hydrogen (secondary N) is 1. The van der Waals surface area contributed by atoms with Crippen LogP contribution in [-0.4, -0.2) is 29.8 Å². The Morgan fingerprint density at radius 2 is 1.72 bits per heavy atom. The van der Waals surface area contributed by atoms with Crippen molar-refractivity contribution in [3.05, 3.63) is 35.9 Å². The summed E-state index contributed by atoms with van der Waals surface area (Å²) < 4.78 is 0. The van der Waals surface area contributed by atoms with E-state index in [1.807, 2.05) is 44.2 Å². The lowest BCUT2D eigenvalue weighted by molar-refractivity contribution is -0.136. The van der Waals surface area contributed by atoms with Crippen LogP contribution in [0.25, 0.3) is 0 Å². The van der Waals surface area contributed by atoms with E-state index in [2.05, 4.69) is 5.32 Å². The highest BCUT2D eigenvalue weighted by atomic mass is 16.2. The number of hydrogen-bond acceptors (Lipinski definition) is 2. The average molecular weight is 248 g/mol. The van der Waals surface area contributed by atoms with Crippen LogP contribution in [-0.2, 0) is 9.59 Å². The predicted molar refractivity (Wildman–Crippen MR) is 70.9 cm³/mol. The Kier molecular flexibility index (Phi) is 5.36. The molecule has 2 amide bonds. The molecule has 0 radical (unpaired) electrons. The molecule has 1 aromatic carbocycles. The molecule has 0 aliphatic rings. The lowest BCUT2D eigenvalue weighted by atomic mass is 10.1. The molecule has 18 heavy (non-hydrogen) atoms. The Bertz CT molecular complexity index is 400.